The molecule has 1 unspecified atom stereocenters. The molecular weight excluding hydrogens is 285 g/mol. The van der Waals surface area contributed by atoms with Gasteiger partial charge in [-0.3, -0.25) is 0 Å². The molecule has 0 saturated heterocycles. The summed E-state index contributed by atoms with van der Waals surface area (Å²) in [5.74, 6) is 0.0137. The molecule has 2 aromatic rings. The van der Waals surface area contributed by atoms with E-state index in [-0.39, 0.29) is 23.6 Å². The summed E-state index contributed by atoms with van der Waals surface area (Å²) in [7, 11) is 0. The van der Waals surface area contributed by atoms with Crippen LogP contribution >= 0.6 is 11.8 Å². The summed E-state index contributed by atoms with van der Waals surface area (Å²) in [5.41, 5.74) is 3.70. The first-order chi connectivity index (χ1) is 9.37. The van der Waals surface area contributed by atoms with Crippen LogP contribution in [0.1, 0.15) is 12.5 Å². The molecule has 0 aliphatic carbocycles. The SMILES string of the molecule is CC(N)Cc1cn(CCSC(F)(F)F)c2ccccc12. The minimum absolute atomic E-state index is 0.0137. The van der Waals surface area contributed by atoms with Crippen LogP contribution in [0.25, 0.3) is 10.9 Å². The van der Waals surface area contributed by atoms with Gasteiger partial charge in [-0.1, -0.05) is 18.2 Å². The van der Waals surface area contributed by atoms with E-state index < -0.39 is 5.51 Å². The maximum atomic E-state index is 12.2. The van der Waals surface area contributed by atoms with Gasteiger partial charge >= 0.3 is 5.51 Å². The van der Waals surface area contributed by atoms with Gasteiger partial charge in [-0.15, -0.1) is 0 Å². The third-order valence-electron chi connectivity index (χ3n) is 3.01. The van der Waals surface area contributed by atoms with Gasteiger partial charge in [0.1, 0.15) is 0 Å². The fraction of sp³-hybridized carbons (Fsp3) is 0.429. The number of fused-ring (bicyclic) bond motifs is 1. The Labute approximate surface area is 120 Å². The van der Waals surface area contributed by atoms with E-state index in [1.807, 2.05) is 42.0 Å². The van der Waals surface area contributed by atoms with Crippen LogP contribution in [0, 0.1) is 0 Å². The zero-order valence-electron chi connectivity index (χ0n) is 11.2. The van der Waals surface area contributed by atoms with E-state index in [1.54, 1.807) is 0 Å². The standard InChI is InChI=1S/C14H17F3N2S/c1-10(18)8-11-9-19(6-7-20-14(15,16)17)13-5-3-2-4-12(11)13/h2-5,9-10H,6-8,18H2,1H3. The summed E-state index contributed by atoms with van der Waals surface area (Å²) in [6.45, 7) is 2.26. The topological polar surface area (TPSA) is 30.9 Å². The highest BCUT2D eigenvalue weighted by molar-refractivity contribution is 8.00. The fourth-order valence-electron chi connectivity index (χ4n) is 2.28. The second kappa shape index (κ2) is 6.10. The Morgan fingerprint density at radius 3 is 2.65 bits per heavy atom. The van der Waals surface area contributed by atoms with Gasteiger partial charge in [-0.05, 0) is 36.7 Å². The van der Waals surface area contributed by atoms with Crippen LogP contribution in [0.4, 0.5) is 13.2 Å². The molecule has 0 amide bonds. The van der Waals surface area contributed by atoms with Gasteiger partial charge in [0.2, 0.25) is 0 Å². The van der Waals surface area contributed by atoms with E-state index in [0.29, 0.717) is 6.54 Å². The van der Waals surface area contributed by atoms with E-state index in [9.17, 15) is 13.2 Å². The summed E-state index contributed by atoms with van der Waals surface area (Å²) in [5, 5.41) is 1.07. The van der Waals surface area contributed by atoms with Crippen LogP contribution in [0.3, 0.4) is 0 Å². The predicted octanol–water partition coefficient (Wildman–Crippen LogP) is 3.78. The molecule has 0 spiro atoms. The van der Waals surface area contributed by atoms with Gasteiger partial charge in [0.05, 0.1) is 0 Å². The van der Waals surface area contributed by atoms with E-state index in [2.05, 4.69) is 0 Å². The molecule has 1 aromatic carbocycles. The highest BCUT2D eigenvalue weighted by atomic mass is 32.2. The lowest BCUT2D eigenvalue weighted by molar-refractivity contribution is -0.0328. The lowest BCUT2D eigenvalue weighted by Crippen LogP contribution is -2.17. The van der Waals surface area contributed by atoms with Crippen LogP contribution in [0.5, 0.6) is 0 Å². The van der Waals surface area contributed by atoms with Crippen molar-refractivity contribution < 1.29 is 13.2 Å². The monoisotopic (exact) mass is 302 g/mol. The molecule has 1 heterocycles. The Balaban J connectivity index is 2.20. The molecule has 0 aliphatic heterocycles. The van der Waals surface area contributed by atoms with Crippen molar-refractivity contribution >= 4 is 22.7 Å². The van der Waals surface area contributed by atoms with Crippen LogP contribution in [-0.4, -0.2) is 21.9 Å². The number of halogens is 3. The van der Waals surface area contributed by atoms with E-state index in [0.717, 1.165) is 22.9 Å². The largest absolute Gasteiger partial charge is 0.441 e. The summed E-state index contributed by atoms with van der Waals surface area (Å²) < 4.78 is 38.4. The number of hydrogen-bond donors (Lipinski definition) is 1. The summed E-state index contributed by atoms with van der Waals surface area (Å²) in [6.07, 6.45) is 2.64. The van der Waals surface area contributed by atoms with E-state index in [1.165, 1.54) is 0 Å². The van der Waals surface area contributed by atoms with Gasteiger partial charge in [-0.25, -0.2) is 0 Å². The quantitative estimate of drug-likeness (QED) is 0.911. The molecule has 20 heavy (non-hydrogen) atoms. The molecule has 0 aliphatic rings. The van der Waals surface area contributed by atoms with Gasteiger partial charge in [0, 0.05) is 35.4 Å². The first-order valence-corrected chi connectivity index (χ1v) is 7.38. The van der Waals surface area contributed by atoms with Crippen molar-refractivity contribution in [3.63, 3.8) is 0 Å². The Hall–Kier alpha value is -1.14. The fourth-order valence-corrected chi connectivity index (χ4v) is 2.80. The van der Waals surface area contributed by atoms with Gasteiger partial charge < -0.3 is 10.3 Å². The zero-order valence-corrected chi connectivity index (χ0v) is 12.0. The van der Waals surface area contributed by atoms with Crippen molar-refractivity contribution in [1.82, 2.24) is 4.57 Å². The smallest absolute Gasteiger partial charge is 0.346 e. The zero-order chi connectivity index (χ0) is 14.8. The molecule has 0 fully saturated rings. The normalized spacial score (nSPS) is 13.8. The van der Waals surface area contributed by atoms with Gasteiger partial charge in [0.15, 0.2) is 0 Å². The molecule has 0 bridgehead atoms. The minimum Gasteiger partial charge on any atom is -0.346 e. The number of thioether (sulfide) groups is 1. The molecular formula is C14H17F3N2S. The molecule has 110 valence electrons. The third-order valence-corrected chi connectivity index (χ3v) is 3.72. The Bertz CT molecular complexity index is 575. The molecule has 0 radical (unpaired) electrons. The molecule has 2 N–H and O–H groups in total. The number of alkyl halides is 3. The maximum Gasteiger partial charge on any atom is 0.441 e. The van der Waals surface area contributed by atoms with Crippen molar-refractivity contribution in [3.8, 4) is 0 Å². The number of nitrogens with zero attached hydrogens (tertiary/aromatic N) is 1. The summed E-state index contributed by atoms with van der Waals surface area (Å²) >= 11 is 0.0146. The number of aryl methyl sites for hydroxylation is 1. The van der Waals surface area contributed by atoms with Crippen molar-refractivity contribution in [2.75, 3.05) is 5.75 Å². The van der Waals surface area contributed by atoms with E-state index >= 15 is 0 Å². The molecule has 1 aromatic heterocycles. The van der Waals surface area contributed by atoms with Crippen LogP contribution in [0.15, 0.2) is 30.5 Å². The molecule has 2 rings (SSSR count). The molecule has 6 heteroatoms. The average molecular weight is 302 g/mol. The molecule has 1 atom stereocenters. The van der Waals surface area contributed by atoms with Crippen LogP contribution in [-0.2, 0) is 13.0 Å². The first-order valence-electron chi connectivity index (χ1n) is 6.40. The lowest BCUT2D eigenvalue weighted by Gasteiger charge is -2.07. The maximum absolute atomic E-state index is 12.2. The third kappa shape index (κ3) is 3.93. The Morgan fingerprint density at radius 1 is 1.30 bits per heavy atom. The Morgan fingerprint density at radius 2 is 2.00 bits per heavy atom. The highest BCUT2D eigenvalue weighted by Gasteiger charge is 2.27. The molecule has 2 nitrogen and oxygen atoms in total. The van der Waals surface area contributed by atoms with Crippen molar-refractivity contribution in [2.24, 2.45) is 5.73 Å². The van der Waals surface area contributed by atoms with Gasteiger partial charge in [0.25, 0.3) is 0 Å². The van der Waals surface area contributed by atoms with Crippen molar-refractivity contribution in [3.05, 3.63) is 36.0 Å². The predicted molar refractivity (Wildman–Crippen MR) is 77.8 cm³/mol. The number of hydrogen-bond acceptors (Lipinski definition) is 2. The second-order valence-electron chi connectivity index (χ2n) is 4.84. The first kappa shape index (κ1) is 15.3. The summed E-state index contributed by atoms with van der Waals surface area (Å²) in [4.78, 5) is 0. The average Bonchev–Trinajstić information content (AvgIpc) is 2.66. The van der Waals surface area contributed by atoms with Crippen LogP contribution < -0.4 is 5.73 Å². The molecule has 0 saturated carbocycles. The van der Waals surface area contributed by atoms with Crippen molar-refractivity contribution in [1.29, 1.82) is 0 Å². The van der Waals surface area contributed by atoms with Crippen LogP contribution in [0.2, 0.25) is 0 Å². The number of nitrogens with two attached hydrogens (primary N) is 1. The number of aromatic nitrogens is 1. The summed E-state index contributed by atoms with van der Waals surface area (Å²) in [6, 6.07) is 7.77. The number of benzene rings is 1. The number of para-hydroxylation sites is 1. The number of rotatable bonds is 5. The van der Waals surface area contributed by atoms with E-state index in [4.69, 9.17) is 5.73 Å². The second-order valence-corrected chi connectivity index (χ2v) is 6.00. The lowest BCUT2D eigenvalue weighted by atomic mass is 10.1. The van der Waals surface area contributed by atoms with Crippen molar-refractivity contribution in [2.45, 2.75) is 31.4 Å². The minimum atomic E-state index is -4.17. The Kier molecular flexibility index (Phi) is 4.65. The highest BCUT2D eigenvalue weighted by Crippen LogP contribution is 2.31. The van der Waals surface area contributed by atoms with Gasteiger partial charge in [-0.2, -0.15) is 13.2 Å².